The number of aryl methyl sites for hydroxylation is 2. The van der Waals surface area contributed by atoms with E-state index in [9.17, 15) is 5.11 Å². The Morgan fingerprint density at radius 1 is 1.40 bits per heavy atom. The van der Waals surface area contributed by atoms with Crippen molar-refractivity contribution in [2.45, 2.75) is 33.0 Å². The van der Waals surface area contributed by atoms with Crippen LogP contribution in [-0.4, -0.2) is 55.1 Å². The summed E-state index contributed by atoms with van der Waals surface area (Å²) in [4.78, 5) is 2.23. The van der Waals surface area contributed by atoms with E-state index in [2.05, 4.69) is 11.8 Å². The summed E-state index contributed by atoms with van der Waals surface area (Å²) in [7, 11) is 0. The molecule has 1 fully saturated rings. The Labute approximate surface area is 121 Å². The zero-order chi connectivity index (χ0) is 14.5. The number of aliphatic hydroxyl groups excluding tert-OH is 1. The predicted molar refractivity (Wildman–Crippen MR) is 79.3 cm³/mol. The van der Waals surface area contributed by atoms with Crippen molar-refractivity contribution < 1.29 is 14.6 Å². The first-order valence-corrected chi connectivity index (χ1v) is 7.27. The number of rotatable bonds is 5. The van der Waals surface area contributed by atoms with E-state index >= 15 is 0 Å². The molecule has 1 aliphatic heterocycles. The minimum Gasteiger partial charge on any atom is -0.490 e. The molecular formula is C16H25NO3. The molecule has 1 aliphatic rings. The van der Waals surface area contributed by atoms with Crippen LogP contribution in [0.3, 0.4) is 0 Å². The second kappa shape index (κ2) is 7.07. The molecule has 1 N–H and O–H groups in total. The molecule has 1 heterocycles. The van der Waals surface area contributed by atoms with Crippen LogP contribution >= 0.6 is 0 Å². The highest BCUT2D eigenvalue weighted by Crippen LogP contribution is 2.22. The van der Waals surface area contributed by atoms with E-state index in [1.54, 1.807) is 0 Å². The average Bonchev–Trinajstić information content (AvgIpc) is 2.38. The van der Waals surface area contributed by atoms with Crippen LogP contribution in [-0.2, 0) is 4.74 Å². The molecule has 0 spiro atoms. The minimum absolute atomic E-state index is 0.246. The van der Waals surface area contributed by atoms with Gasteiger partial charge in [-0.3, -0.25) is 4.90 Å². The lowest BCUT2D eigenvalue weighted by molar-refractivity contribution is -0.0361. The normalized spacial score (nSPS) is 21.7. The Kier molecular flexibility index (Phi) is 5.40. The van der Waals surface area contributed by atoms with E-state index < -0.39 is 6.10 Å². The molecule has 1 aromatic carbocycles. The van der Waals surface area contributed by atoms with Crippen molar-refractivity contribution in [3.8, 4) is 5.75 Å². The highest BCUT2D eigenvalue weighted by atomic mass is 16.5. The zero-order valence-corrected chi connectivity index (χ0v) is 12.6. The number of para-hydroxylation sites is 1. The van der Waals surface area contributed by atoms with Crippen LogP contribution in [0.5, 0.6) is 5.75 Å². The SMILES string of the molecule is Cc1cccc(C)c1OC[C@@H](O)CN1CCO[C@@H](C)C1. The van der Waals surface area contributed by atoms with Gasteiger partial charge in [0.1, 0.15) is 18.5 Å². The maximum atomic E-state index is 10.1. The molecule has 0 aromatic heterocycles. The summed E-state index contributed by atoms with van der Waals surface area (Å²) in [5.41, 5.74) is 2.22. The van der Waals surface area contributed by atoms with Crippen molar-refractivity contribution in [2.75, 3.05) is 32.8 Å². The van der Waals surface area contributed by atoms with Gasteiger partial charge in [-0.25, -0.2) is 0 Å². The van der Waals surface area contributed by atoms with Gasteiger partial charge in [0.25, 0.3) is 0 Å². The fourth-order valence-electron chi connectivity index (χ4n) is 2.61. The van der Waals surface area contributed by atoms with Gasteiger partial charge in [-0.15, -0.1) is 0 Å². The van der Waals surface area contributed by atoms with Gasteiger partial charge in [0.2, 0.25) is 0 Å². The monoisotopic (exact) mass is 279 g/mol. The Morgan fingerprint density at radius 2 is 2.10 bits per heavy atom. The van der Waals surface area contributed by atoms with Gasteiger partial charge in [-0.2, -0.15) is 0 Å². The third-order valence-electron chi connectivity index (χ3n) is 3.62. The number of hydrogen-bond donors (Lipinski definition) is 1. The first kappa shape index (κ1) is 15.3. The van der Waals surface area contributed by atoms with Gasteiger partial charge in [0, 0.05) is 19.6 Å². The summed E-state index contributed by atoms with van der Waals surface area (Å²) >= 11 is 0. The van der Waals surface area contributed by atoms with Crippen LogP contribution in [0.4, 0.5) is 0 Å². The molecule has 20 heavy (non-hydrogen) atoms. The summed E-state index contributed by atoms with van der Waals surface area (Å²) in [6.45, 7) is 9.58. The molecule has 4 heteroatoms. The van der Waals surface area contributed by atoms with Crippen molar-refractivity contribution in [2.24, 2.45) is 0 Å². The maximum Gasteiger partial charge on any atom is 0.125 e. The Balaban J connectivity index is 1.81. The van der Waals surface area contributed by atoms with Crippen LogP contribution < -0.4 is 4.74 Å². The standard InChI is InChI=1S/C16H25NO3/c1-12-5-4-6-13(2)16(12)20-11-15(18)10-17-7-8-19-14(3)9-17/h4-6,14-15,18H,7-11H2,1-3H3/t14-,15-/m0/s1. The fourth-order valence-corrected chi connectivity index (χ4v) is 2.61. The van der Waals surface area contributed by atoms with E-state index in [-0.39, 0.29) is 6.10 Å². The molecule has 0 radical (unpaired) electrons. The third kappa shape index (κ3) is 4.20. The fraction of sp³-hybridized carbons (Fsp3) is 0.625. The van der Waals surface area contributed by atoms with Crippen molar-refractivity contribution >= 4 is 0 Å². The topological polar surface area (TPSA) is 41.9 Å². The summed E-state index contributed by atoms with van der Waals surface area (Å²) in [5, 5.41) is 10.1. The highest BCUT2D eigenvalue weighted by molar-refractivity contribution is 5.39. The number of aliphatic hydroxyl groups is 1. The van der Waals surface area contributed by atoms with Crippen LogP contribution in [0, 0.1) is 13.8 Å². The number of β-amino-alcohol motifs (C(OH)–C–C–N with tert-alkyl or cyclic N) is 1. The molecule has 1 saturated heterocycles. The Morgan fingerprint density at radius 3 is 2.75 bits per heavy atom. The Hall–Kier alpha value is -1.10. The predicted octanol–water partition coefficient (Wildman–Crippen LogP) is 1.76. The lowest BCUT2D eigenvalue weighted by Crippen LogP contribution is -2.45. The van der Waals surface area contributed by atoms with Crippen molar-refractivity contribution in [1.82, 2.24) is 4.90 Å². The van der Waals surface area contributed by atoms with E-state index in [1.165, 1.54) is 0 Å². The first-order valence-electron chi connectivity index (χ1n) is 7.27. The summed E-state index contributed by atoms with van der Waals surface area (Å²) in [5.74, 6) is 0.891. The van der Waals surface area contributed by atoms with E-state index in [0.717, 1.165) is 36.6 Å². The minimum atomic E-state index is -0.473. The van der Waals surface area contributed by atoms with Gasteiger partial charge in [0.05, 0.1) is 12.7 Å². The van der Waals surface area contributed by atoms with Crippen LogP contribution in [0.2, 0.25) is 0 Å². The molecule has 0 bridgehead atoms. The van der Waals surface area contributed by atoms with Gasteiger partial charge in [-0.05, 0) is 31.9 Å². The van der Waals surface area contributed by atoms with Crippen molar-refractivity contribution in [1.29, 1.82) is 0 Å². The number of benzene rings is 1. The highest BCUT2D eigenvalue weighted by Gasteiger charge is 2.19. The molecule has 0 amide bonds. The third-order valence-corrected chi connectivity index (χ3v) is 3.62. The lowest BCUT2D eigenvalue weighted by atomic mass is 10.1. The van der Waals surface area contributed by atoms with Crippen LogP contribution in [0.25, 0.3) is 0 Å². The van der Waals surface area contributed by atoms with Crippen molar-refractivity contribution in [3.63, 3.8) is 0 Å². The van der Waals surface area contributed by atoms with E-state index in [0.29, 0.717) is 13.2 Å². The summed E-state index contributed by atoms with van der Waals surface area (Å²) < 4.78 is 11.3. The molecule has 2 atom stereocenters. The lowest BCUT2D eigenvalue weighted by Gasteiger charge is -2.32. The van der Waals surface area contributed by atoms with Crippen LogP contribution in [0.1, 0.15) is 18.1 Å². The molecule has 0 aliphatic carbocycles. The van der Waals surface area contributed by atoms with Gasteiger partial charge in [-0.1, -0.05) is 18.2 Å². The van der Waals surface area contributed by atoms with Gasteiger partial charge >= 0.3 is 0 Å². The van der Waals surface area contributed by atoms with Crippen molar-refractivity contribution in [3.05, 3.63) is 29.3 Å². The number of nitrogens with zero attached hydrogens (tertiary/aromatic N) is 1. The van der Waals surface area contributed by atoms with Gasteiger partial charge in [0.15, 0.2) is 0 Å². The largest absolute Gasteiger partial charge is 0.490 e. The molecule has 0 unspecified atom stereocenters. The quantitative estimate of drug-likeness (QED) is 0.892. The number of morpholine rings is 1. The number of hydrogen-bond acceptors (Lipinski definition) is 4. The Bertz CT molecular complexity index is 415. The second-order valence-electron chi connectivity index (χ2n) is 5.63. The second-order valence-corrected chi connectivity index (χ2v) is 5.63. The first-order chi connectivity index (χ1) is 9.56. The molecule has 4 nitrogen and oxygen atoms in total. The van der Waals surface area contributed by atoms with Gasteiger partial charge < -0.3 is 14.6 Å². The summed E-state index contributed by atoms with van der Waals surface area (Å²) in [6.07, 6.45) is -0.227. The van der Waals surface area contributed by atoms with Crippen LogP contribution in [0.15, 0.2) is 18.2 Å². The average molecular weight is 279 g/mol. The smallest absolute Gasteiger partial charge is 0.125 e. The van der Waals surface area contributed by atoms with E-state index in [1.807, 2.05) is 32.0 Å². The maximum absolute atomic E-state index is 10.1. The zero-order valence-electron chi connectivity index (χ0n) is 12.6. The number of ether oxygens (including phenoxy) is 2. The molecule has 2 rings (SSSR count). The molecule has 0 saturated carbocycles. The molecular weight excluding hydrogens is 254 g/mol. The summed E-state index contributed by atoms with van der Waals surface area (Å²) in [6, 6.07) is 6.07. The van der Waals surface area contributed by atoms with E-state index in [4.69, 9.17) is 9.47 Å². The molecule has 112 valence electrons. The molecule has 1 aromatic rings.